The largest absolute Gasteiger partial charge is 0.466 e. The molecular weight excluding hydrogens is 181 g/mol. The fourth-order valence-electron chi connectivity index (χ4n) is 0.810. The van der Waals surface area contributed by atoms with Crippen LogP contribution in [-0.2, 0) is 19.1 Å². The Balaban J connectivity index is 4.71. The molecular formula is C7H12FNO4. The minimum Gasteiger partial charge on any atom is -0.466 e. The van der Waals surface area contributed by atoms with Gasteiger partial charge in [-0.05, 0) is 6.54 Å². The van der Waals surface area contributed by atoms with Crippen LogP contribution in [-0.4, -0.2) is 38.4 Å². The van der Waals surface area contributed by atoms with E-state index in [1.165, 1.54) is 0 Å². The van der Waals surface area contributed by atoms with Crippen molar-refractivity contribution in [2.75, 3.05) is 20.8 Å². The van der Waals surface area contributed by atoms with Crippen LogP contribution in [0.2, 0.25) is 0 Å². The van der Waals surface area contributed by atoms with Gasteiger partial charge in [-0.25, -0.2) is 14.0 Å². The lowest BCUT2D eigenvalue weighted by molar-refractivity contribution is -0.171. The number of methoxy groups -OCH3 is 2. The lowest BCUT2D eigenvalue weighted by Gasteiger charge is -2.18. The van der Waals surface area contributed by atoms with Crippen LogP contribution in [0.5, 0.6) is 0 Å². The molecule has 0 radical (unpaired) electrons. The molecule has 0 aliphatic heterocycles. The second-order valence-electron chi connectivity index (χ2n) is 2.32. The van der Waals surface area contributed by atoms with E-state index in [1.807, 2.05) is 0 Å². The summed E-state index contributed by atoms with van der Waals surface area (Å²) in [6.07, 6.45) is -0.452. The number of ether oxygens (including phenoxy) is 2. The van der Waals surface area contributed by atoms with Gasteiger partial charge in [0.1, 0.15) is 0 Å². The summed E-state index contributed by atoms with van der Waals surface area (Å²) in [5.74, 6) is -2.57. The first-order valence-electron chi connectivity index (χ1n) is 3.58. The Morgan fingerprint density at radius 2 is 1.69 bits per heavy atom. The molecule has 0 saturated carbocycles. The van der Waals surface area contributed by atoms with Gasteiger partial charge in [0, 0.05) is 6.42 Å². The summed E-state index contributed by atoms with van der Waals surface area (Å²) >= 11 is 0. The SMILES string of the molecule is COC(=O)C(F)(CCN)C(=O)OC. The number of carbonyl (C=O) groups excluding carboxylic acids is 2. The van der Waals surface area contributed by atoms with E-state index >= 15 is 0 Å². The number of halogens is 1. The molecule has 0 fully saturated rings. The number of alkyl halides is 1. The molecule has 0 rings (SSSR count). The average Bonchev–Trinajstić information content (AvgIpc) is 2.15. The van der Waals surface area contributed by atoms with Crippen LogP contribution in [0.3, 0.4) is 0 Å². The second kappa shape index (κ2) is 4.76. The maximum Gasteiger partial charge on any atom is 0.355 e. The molecule has 0 atom stereocenters. The van der Waals surface area contributed by atoms with Crippen LogP contribution in [0.25, 0.3) is 0 Å². The van der Waals surface area contributed by atoms with Crippen molar-refractivity contribution < 1.29 is 23.5 Å². The number of hydrogen-bond donors (Lipinski definition) is 1. The highest BCUT2D eigenvalue weighted by molar-refractivity contribution is 6.03. The Hall–Kier alpha value is -1.17. The first kappa shape index (κ1) is 11.8. The average molecular weight is 193 g/mol. The van der Waals surface area contributed by atoms with Crippen molar-refractivity contribution in [1.82, 2.24) is 0 Å². The second-order valence-corrected chi connectivity index (χ2v) is 2.32. The maximum atomic E-state index is 13.6. The summed E-state index contributed by atoms with van der Waals surface area (Å²) in [5, 5.41) is 0. The van der Waals surface area contributed by atoms with Crippen molar-refractivity contribution >= 4 is 11.9 Å². The minimum atomic E-state index is -2.78. The van der Waals surface area contributed by atoms with E-state index < -0.39 is 24.0 Å². The van der Waals surface area contributed by atoms with Crippen LogP contribution < -0.4 is 5.73 Å². The molecule has 0 aromatic rings. The molecule has 0 aromatic carbocycles. The third-order valence-corrected chi connectivity index (χ3v) is 1.51. The summed E-state index contributed by atoms with van der Waals surface area (Å²) in [7, 11) is 1.96. The molecule has 0 aromatic heterocycles. The molecule has 0 bridgehead atoms. The monoisotopic (exact) mass is 193 g/mol. The fraction of sp³-hybridized carbons (Fsp3) is 0.714. The van der Waals surface area contributed by atoms with Gasteiger partial charge in [-0.2, -0.15) is 0 Å². The maximum absolute atomic E-state index is 13.6. The van der Waals surface area contributed by atoms with E-state index in [0.717, 1.165) is 14.2 Å². The van der Waals surface area contributed by atoms with E-state index in [9.17, 15) is 14.0 Å². The molecule has 6 heteroatoms. The lowest BCUT2D eigenvalue weighted by Crippen LogP contribution is -2.45. The molecule has 0 amide bonds. The molecule has 2 N–H and O–H groups in total. The number of esters is 2. The lowest BCUT2D eigenvalue weighted by atomic mass is 10.0. The first-order valence-corrected chi connectivity index (χ1v) is 3.58. The topological polar surface area (TPSA) is 78.6 Å². The van der Waals surface area contributed by atoms with Gasteiger partial charge >= 0.3 is 17.6 Å². The molecule has 0 spiro atoms. The van der Waals surface area contributed by atoms with Crippen molar-refractivity contribution in [3.63, 3.8) is 0 Å². The van der Waals surface area contributed by atoms with Gasteiger partial charge in [-0.15, -0.1) is 0 Å². The highest BCUT2D eigenvalue weighted by Gasteiger charge is 2.48. The normalized spacial score (nSPS) is 10.8. The van der Waals surface area contributed by atoms with Crippen molar-refractivity contribution in [2.24, 2.45) is 5.73 Å². The quantitative estimate of drug-likeness (QED) is 0.476. The zero-order valence-corrected chi connectivity index (χ0v) is 7.50. The van der Waals surface area contributed by atoms with E-state index in [2.05, 4.69) is 9.47 Å². The van der Waals surface area contributed by atoms with E-state index in [4.69, 9.17) is 5.73 Å². The van der Waals surface area contributed by atoms with Crippen LogP contribution >= 0.6 is 0 Å². The van der Waals surface area contributed by atoms with Gasteiger partial charge in [-0.3, -0.25) is 0 Å². The van der Waals surface area contributed by atoms with Crippen LogP contribution in [0, 0.1) is 0 Å². The molecule has 13 heavy (non-hydrogen) atoms. The Kier molecular flexibility index (Phi) is 4.33. The minimum absolute atomic E-state index is 0.152. The standard InChI is InChI=1S/C7H12FNO4/c1-12-5(10)7(8,3-4-9)6(11)13-2/h3-4,9H2,1-2H3. The molecule has 5 nitrogen and oxygen atoms in total. The van der Waals surface area contributed by atoms with Gasteiger partial charge in [0.15, 0.2) is 0 Å². The highest BCUT2D eigenvalue weighted by atomic mass is 19.1. The van der Waals surface area contributed by atoms with Crippen molar-refractivity contribution in [3.05, 3.63) is 0 Å². The Labute approximate surface area is 75.0 Å². The smallest absolute Gasteiger partial charge is 0.355 e. The zero-order chi connectivity index (χ0) is 10.5. The predicted molar refractivity (Wildman–Crippen MR) is 41.5 cm³/mol. The van der Waals surface area contributed by atoms with Crippen LogP contribution in [0.1, 0.15) is 6.42 Å². The van der Waals surface area contributed by atoms with Crippen molar-refractivity contribution in [2.45, 2.75) is 12.1 Å². The van der Waals surface area contributed by atoms with Gasteiger partial charge in [0.25, 0.3) is 0 Å². The van der Waals surface area contributed by atoms with Crippen LogP contribution in [0.4, 0.5) is 4.39 Å². The highest BCUT2D eigenvalue weighted by Crippen LogP contribution is 2.19. The molecule has 0 aliphatic carbocycles. The van der Waals surface area contributed by atoms with Gasteiger partial charge in [0.05, 0.1) is 14.2 Å². The number of nitrogens with two attached hydrogens (primary N) is 1. The van der Waals surface area contributed by atoms with E-state index in [0.29, 0.717) is 0 Å². The third-order valence-electron chi connectivity index (χ3n) is 1.51. The van der Waals surface area contributed by atoms with Gasteiger partial charge in [0.2, 0.25) is 0 Å². The Morgan fingerprint density at radius 3 is 1.92 bits per heavy atom. The molecule has 0 heterocycles. The fourth-order valence-corrected chi connectivity index (χ4v) is 0.810. The van der Waals surface area contributed by atoms with Crippen molar-refractivity contribution in [3.8, 4) is 0 Å². The predicted octanol–water partition coefficient (Wildman–Crippen LogP) is -0.611. The number of rotatable bonds is 4. The first-order chi connectivity index (χ1) is 6.02. The van der Waals surface area contributed by atoms with Crippen LogP contribution in [0.15, 0.2) is 0 Å². The van der Waals surface area contributed by atoms with E-state index in [1.54, 1.807) is 0 Å². The summed E-state index contributed by atoms with van der Waals surface area (Å²) in [6, 6.07) is 0. The number of carbonyl (C=O) groups is 2. The Bertz CT molecular complexity index is 191. The summed E-state index contributed by atoms with van der Waals surface area (Å²) in [6.45, 7) is -0.152. The molecule has 0 saturated heterocycles. The Morgan fingerprint density at radius 1 is 1.31 bits per heavy atom. The van der Waals surface area contributed by atoms with Gasteiger partial charge < -0.3 is 15.2 Å². The van der Waals surface area contributed by atoms with Crippen molar-refractivity contribution in [1.29, 1.82) is 0 Å². The molecule has 0 aliphatic rings. The summed E-state index contributed by atoms with van der Waals surface area (Å²) in [4.78, 5) is 21.7. The molecule has 0 unspecified atom stereocenters. The summed E-state index contributed by atoms with van der Waals surface area (Å²) in [5.41, 5.74) is 2.26. The summed E-state index contributed by atoms with van der Waals surface area (Å²) < 4.78 is 21.8. The van der Waals surface area contributed by atoms with Gasteiger partial charge in [-0.1, -0.05) is 0 Å². The molecule has 76 valence electrons. The third kappa shape index (κ3) is 2.38. The van der Waals surface area contributed by atoms with E-state index in [-0.39, 0.29) is 6.54 Å². The zero-order valence-electron chi connectivity index (χ0n) is 7.50. The number of hydrogen-bond acceptors (Lipinski definition) is 5.